The molecule has 416 valence electrons. The molecule has 0 radical (unpaired) electrons. The molecule has 8 fully saturated rings. The Hall–Kier alpha value is -7.88. The normalized spacial score (nSPS) is 26.9. The summed E-state index contributed by atoms with van der Waals surface area (Å²) in [6, 6.07) is 9.04. The average Bonchev–Trinajstić information content (AvgIpc) is 4.04. The van der Waals surface area contributed by atoms with Gasteiger partial charge in [-0.3, -0.25) is 28.8 Å². The third-order valence-electron chi connectivity index (χ3n) is 18.4. The lowest BCUT2D eigenvalue weighted by Crippen LogP contribution is -2.64. The lowest BCUT2D eigenvalue weighted by Gasteiger charge is -2.58. The van der Waals surface area contributed by atoms with Crippen LogP contribution in [0, 0.1) is 68.0 Å². The Morgan fingerprint density at radius 1 is 0.588 bits per heavy atom. The van der Waals surface area contributed by atoms with Crippen molar-refractivity contribution in [2.24, 2.45) is 45.3 Å². The van der Waals surface area contributed by atoms with Crippen molar-refractivity contribution in [2.45, 2.75) is 130 Å². The molecule has 6 aromatic rings. The van der Waals surface area contributed by atoms with Crippen LogP contribution in [0.1, 0.15) is 119 Å². The molecule has 4 aliphatic heterocycles. The average molecular weight is 1090 g/mol. The lowest BCUT2D eigenvalue weighted by atomic mass is 9.61. The van der Waals surface area contributed by atoms with Crippen LogP contribution in [-0.2, 0) is 19.1 Å². The SMILES string of the molecule is C[C@@H]1CN(c2nc(-c3cnn(C4CC5(C4)CN(C(=O)OC(C)(C)C)C5)c3)cn3nccc23)C(=O)[C@]1(C#N)C1CC1.C[C@@H]1CN(c2nc(-c3cnn(C4CC5(C4)CN(C(=O)OC(C)(C)C)C5)c3)cn3nccc23)C(=O)[C@]1(C#N)C1CC1. The van der Waals surface area contributed by atoms with Crippen LogP contribution in [0.25, 0.3) is 33.5 Å². The first-order chi connectivity index (χ1) is 38.0. The van der Waals surface area contributed by atoms with Crippen molar-refractivity contribution < 1.29 is 28.7 Å². The van der Waals surface area contributed by atoms with Gasteiger partial charge >= 0.3 is 12.2 Å². The van der Waals surface area contributed by atoms with Crippen molar-refractivity contribution in [1.29, 1.82) is 10.5 Å². The second kappa shape index (κ2) is 17.8. The van der Waals surface area contributed by atoms with Crippen LogP contribution in [0.15, 0.2) is 61.7 Å². The zero-order valence-electron chi connectivity index (χ0n) is 46.7. The monoisotopic (exact) mass is 1080 g/mol. The summed E-state index contributed by atoms with van der Waals surface area (Å²) in [6.07, 6.45) is 21.8. The largest absolute Gasteiger partial charge is 0.444 e. The highest BCUT2D eigenvalue weighted by molar-refractivity contribution is 6.05. The number of nitrogens with zero attached hydrogens (tertiary/aromatic N) is 16. The van der Waals surface area contributed by atoms with E-state index in [1.54, 1.807) is 53.4 Å². The smallest absolute Gasteiger partial charge is 0.410 e. The zero-order valence-corrected chi connectivity index (χ0v) is 46.7. The number of hydrogen-bond acceptors (Lipinski definition) is 14. The summed E-state index contributed by atoms with van der Waals surface area (Å²) in [6.45, 7) is 19.1. The Balaban J connectivity index is 0.000000151. The molecule has 4 atom stereocenters. The molecule has 0 aromatic carbocycles. The second-order valence-electron chi connectivity index (χ2n) is 26.6. The van der Waals surface area contributed by atoms with Gasteiger partial charge in [0, 0.05) is 85.5 Å². The standard InChI is InChI=1S/2C29H34N8O3/c2*1-18-12-35(25(38)29(18,15-30)20-5-6-20)24-23-7-8-31-37(23)14-22(33-24)19-11-32-36(13-19)21-9-28(10-21)16-34(17-28)26(39)40-27(2,3)4/h2*7-8,11,13-14,18,20-21H,5-6,9-10,12,16-17H2,1-4H3/t2*18-,29+/m11/s1. The first kappa shape index (κ1) is 51.6. The van der Waals surface area contributed by atoms with E-state index in [1.807, 2.05) is 102 Å². The van der Waals surface area contributed by atoms with Gasteiger partial charge in [-0.1, -0.05) is 13.8 Å². The van der Waals surface area contributed by atoms with Gasteiger partial charge in [0.2, 0.25) is 11.8 Å². The highest BCUT2D eigenvalue weighted by Gasteiger charge is 2.63. The maximum atomic E-state index is 13.7. The van der Waals surface area contributed by atoms with Crippen LogP contribution in [0.4, 0.5) is 21.2 Å². The number of carbonyl (C=O) groups is 4. The van der Waals surface area contributed by atoms with Gasteiger partial charge < -0.3 is 19.3 Å². The van der Waals surface area contributed by atoms with E-state index in [1.165, 1.54) is 0 Å². The Bertz CT molecular complexity index is 3350. The highest BCUT2D eigenvalue weighted by Crippen LogP contribution is 2.58. The summed E-state index contributed by atoms with van der Waals surface area (Å²) in [7, 11) is 0. The first-order valence-corrected chi connectivity index (χ1v) is 28.2. The molecule has 22 nitrogen and oxygen atoms in total. The van der Waals surface area contributed by atoms with Crippen LogP contribution >= 0.6 is 0 Å². The Morgan fingerprint density at radius 3 is 1.30 bits per heavy atom. The van der Waals surface area contributed by atoms with Gasteiger partial charge in [-0.05, 0) is 117 Å². The third-order valence-corrected chi connectivity index (χ3v) is 18.4. The van der Waals surface area contributed by atoms with Crippen LogP contribution in [0.5, 0.6) is 0 Å². The van der Waals surface area contributed by atoms with Crippen LogP contribution in [0.2, 0.25) is 0 Å². The number of rotatable bonds is 8. The second-order valence-corrected chi connectivity index (χ2v) is 26.6. The summed E-state index contributed by atoms with van der Waals surface area (Å²) >= 11 is 0. The number of fused-ring (bicyclic) bond motifs is 2. The van der Waals surface area contributed by atoms with Crippen molar-refractivity contribution in [3.05, 3.63) is 61.7 Å². The summed E-state index contributed by atoms with van der Waals surface area (Å²) in [4.78, 5) is 68.9. The number of carbonyl (C=O) groups excluding carboxylic acids is 4. The van der Waals surface area contributed by atoms with Crippen LogP contribution in [-0.4, -0.2) is 133 Å². The number of anilines is 2. The molecule has 0 unspecified atom stereocenters. The maximum absolute atomic E-state index is 13.7. The Labute approximate surface area is 463 Å². The van der Waals surface area contributed by atoms with E-state index >= 15 is 0 Å². The first-order valence-electron chi connectivity index (χ1n) is 28.2. The third kappa shape index (κ3) is 8.37. The molecule has 4 aliphatic carbocycles. The van der Waals surface area contributed by atoms with E-state index in [2.05, 4.69) is 32.5 Å². The van der Waals surface area contributed by atoms with Gasteiger partial charge in [-0.2, -0.15) is 30.9 Å². The van der Waals surface area contributed by atoms with Gasteiger partial charge in [-0.15, -0.1) is 0 Å². The molecule has 80 heavy (non-hydrogen) atoms. The number of amides is 4. The number of likely N-dealkylation sites (tertiary alicyclic amines) is 2. The van der Waals surface area contributed by atoms with E-state index in [0.29, 0.717) is 36.1 Å². The number of hydrogen-bond donors (Lipinski definition) is 0. The molecule has 4 saturated carbocycles. The molecule has 10 heterocycles. The number of aromatic nitrogens is 10. The summed E-state index contributed by atoms with van der Waals surface area (Å²) in [5, 5.41) is 38.4. The van der Waals surface area contributed by atoms with E-state index < -0.39 is 22.0 Å². The Morgan fingerprint density at radius 2 is 0.963 bits per heavy atom. The molecular weight excluding hydrogens is 1020 g/mol. The summed E-state index contributed by atoms with van der Waals surface area (Å²) in [5.74, 6) is 0.904. The van der Waals surface area contributed by atoms with E-state index in [0.717, 1.165) is 99.7 Å². The fourth-order valence-electron chi connectivity index (χ4n) is 14.0. The van der Waals surface area contributed by atoms with E-state index in [4.69, 9.17) is 19.4 Å². The van der Waals surface area contributed by atoms with Gasteiger partial charge in [-0.25, -0.2) is 28.6 Å². The van der Waals surface area contributed by atoms with Gasteiger partial charge in [0.1, 0.15) is 33.1 Å². The van der Waals surface area contributed by atoms with Crippen molar-refractivity contribution in [2.75, 3.05) is 49.1 Å². The predicted molar refractivity (Wildman–Crippen MR) is 290 cm³/mol. The minimum Gasteiger partial charge on any atom is -0.444 e. The quantitative estimate of drug-likeness (QED) is 0.140. The van der Waals surface area contributed by atoms with Crippen molar-refractivity contribution in [3.63, 3.8) is 0 Å². The molecule has 14 rings (SSSR count). The van der Waals surface area contributed by atoms with Gasteiger partial charge in [0.25, 0.3) is 0 Å². The molecule has 22 heteroatoms. The molecule has 0 N–H and O–H groups in total. The molecule has 8 aliphatic rings. The van der Waals surface area contributed by atoms with E-state index in [9.17, 15) is 29.7 Å². The highest BCUT2D eigenvalue weighted by atomic mass is 16.6. The van der Waals surface area contributed by atoms with Crippen molar-refractivity contribution >= 4 is 46.7 Å². The molecule has 6 aromatic heterocycles. The molecule has 2 spiro atoms. The predicted octanol–water partition coefficient (Wildman–Crippen LogP) is 8.13. The van der Waals surface area contributed by atoms with E-state index in [-0.39, 0.29) is 70.6 Å². The van der Waals surface area contributed by atoms with Gasteiger partial charge in [0.05, 0.1) is 72.8 Å². The fourth-order valence-corrected chi connectivity index (χ4v) is 14.0. The molecule has 4 amide bonds. The van der Waals surface area contributed by atoms with Gasteiger partial charge in [0.15, 0.2) is 11.6 Å². The number of ether oxygens (including phenoxy) is 2. The van der Waals surface area contributed by atoms with Crippen LogP contribution in [0.3, 0.4) is 0 Å². The summed E-state index contributed by atoms with van der Waals surface area (Å²) in [5.41, 5.74) is 1.88. The van der Waals surface area contributed by atoms with Crippen molar-refractivity contribution in [3.8, 4) is 34.7 Å². The summed E-state index contributed by atoms with van der Waals surface area (Å²) < 4.78 is 18.5. The lowest BCUT2D eigenvalue weighted by molar-refractivity contribution is -0.125. The minimum atomic E-state index is -0.972. The fraction of sp³-hybridized carbons (Fsp3) is 0.586. The molecule has 0 bridgehead atoms. The Kier molecular flexibility index (Phi) is 11.5. The van der Waals surface area contributed by atoms with Crippen LogP contribution < -0.4 is 9.80 Å². The topological polar surface area (TPSA) is 243 Å². The maximum Gasteiger partial charge on any atom is 0.410 e. The molecular formula is C58H68N16O6. The molecule has 4 saturated heterocycles. The zero-order chi connectivity index (χ0) is 56.1. The van der Waals surface area contributed by atoms with Crippen molar-refractivity contribution in [1.82, 2.24) is 58.6 Å². The number of nitriles is 2. The minimum absolute atomic E-state index is 0.0719.